The van der Waals surface area contributed by atoms with Crippen LogP contribution in [0.15, 0.2) is 48.7 Å². The summed E-state index contributed by atoms with van der Waals surface area (Å²) in [6, 6.07) is 14.1. The smallest absolute Gasteiger partial charge is 0.222 e. The second-order valence-corrected chi connectivity index (χ2v) is 7.60. The highest BCUT2D eigenvalue weighted by Gasteiger charge is 2.21. The number of nitrogens with zero attached hydrogens (tertiary/aromatic N) is 4. The number of hydrogen-bond donors (Lipinski definition) is 0. The number of thiazole rings is 1. The summed E-state index contributed by atoms with van der Waals surface area (Å²) in [7, 11) is 0. The Morgan fingerprint density at radius 1 is 1.04 bits per heavy atom. The SMILES string of the molecule is O=C(CCCc1nc2ccccc2s1)N1CCN(c2ccccn2)CC1. The van der Waals surface area contributed by atoms with Gasteiger partial charge in [0.05, 0.1) is 15.2 Å². The molecule has 5 nitrogen and oxygen atoms in total. The van der Waals surface area contributed by atoms with E-state index in [4.69, 9.17) is 0 Å². The lowest BCUT2D eigenvalue weighted by molar-refractivity contribution is -0.131. The van der Waals surface area contributed by atoms with Crippen molar-refractivity contribution in [2.24, 2.45) is 0 Å². The first-order valence-corrected chi connectivity index (χ1v) is 9.89. The van der Waals surface area contributed by atoms with E-state index in [1.807, 2.05) is 47.5 Å². The Morgan fingerprint density at radius 2 is 1.85 bits per heavy atom. The minimum atomic E-state index is 0.256. The summed E-state index contributed by atoms with van der Waals surface area (Å²) in [6.45, 7) is 3.24. The van der Waals surface area contributed by atoms with Crippen LogP contribution in [0.1, 0.15) is 17.8 Å². The van der Waals surface area contributed by atoms with E-state index in [1.165, 1.54) is 4.70 Å². The van der Waals surface area contributed by atoms with Gasteiger partial charge in [-0.1, -0.05) is 18.2 Å². The largest absolute Gasteiger partial charge is 0.353 e. The first-order valence-electron chi connectivity index (χ1n) is 9.08. The number of aryl methyl sites for hydroxylation is 1. The molecule has 0 atom stereocenters. The van der Waals surface area contributed by atoms with Gasteiger partial charge in [0.1, 0.15) is 5.82 Å². The van der Waals surface area contributed by atoms with Crippen molar-refractivity contribution in [2.45, 2.75) is 19.3 Å². The molecule has 2 aromatic heterocycles. The molecule has 0 N–H and O–H groups in total. The highest BCUT2D eigenvalue weighted by molar-refractivity contribution is 7.18. The Kier molecular flexibility index (Phi) is 5.11. The first-order chi connectivity index (χ1) is 12.8. The molecule has 1 aromatic carbocycles. The van der Waals surface area contributed by atoms with Crippen LogP contribution < -0.4 is 4.90 Å². The van der Waals surface area contributed by atoms with Gasteiger partial charge in [-0.2, -0.15) is 0 Å². The maximum Gasteiger partial charge on any atom is 0.222 e. The topological polar surface area (TPSA) is 49.3 Å². The average molecular weight is 366 g/mol. The van der Waals surface area contributed by atoms with Crippen molar-refractivity contribution >= 4 is 33.3 Å². The molecule has 0 bridgehead atoms. The van der Waals surface area contributed by atoms with Crippen molar-refractivity contribution in [1.82, 2.24) is 14.9 Å². The van der Waals surface area contributed by atoms with Crippen molar-refractivity contribution in [3.63, 3.8) is 0 Å². The Hall–Kier alpha value is -2.47. The van der Waals surface area contributed by atoms with Crippen LogP contribution in [0.3, 0.4) is 0 Å². The van der Waals surface area contributed by atoms with Gasteiger partial charge in [0.25, 0.3) is 0 Å². The van der Waals surface area contributed by atoms with E-state index >= 15 is 0 Å². The van der Waals surface area contributed by atoms with Crippen molar-refractivity contribution in [3.05, 3.63) is 53.7 Å². The first kappa shape index (κ1) is 17.0. The third-order valence-electron chi connectivity index (χ3n) is 4.73. The van der Waals surface area contributed by atoms with E-state index in [0.29, 0.717) is 6.42 Å². The zero-order valence-corrected chi connectivity index (χ0v) is 15.5. The summed E-state index contributed by atoms with van der Waals surface area (Å²) in [5.74, 6) is 1.25. The normalized spacial score (nSPS) is 14.8. The van der Waals surface area contributed by atoms with E-state index in [1.54, 1.807) is 11.3 Å². The number of para-hydroxylation sites is 1. The lowest BCUT2D eigenvalue weighted by Gasteiger charge is -2.35. The zero-order chi connectivity index (χ0) is 17.8. The van der Waals surface area contributed by atoms with E-state index in [0.717, 1.165) is 55.4 Å². The monoisotopic (exact) mass is 366 g/mol. The summed E-state index contributed by atoms with van der Waals surface area (Å²) >= 11 is 1.73. The maximum absolute atomic E-state index is 12.5. The number of hydrogen-bond acceptors (Lipinski definition) is 5. The van der Waals surface area contributed by atoms with Gasteiger partial charge >= 0.3 is 0 Å². The number of rotatable bonds is 5. The van der Waals surface area contributed by atoms with Crippen LogP contribution in [0, 0.1) is 0 Å². The van der Waals surface area contributed by atoms with Gasteiger partial charge in [-0.15, -0.1) is 11.3 Å². The van der Waals surface area contributed by atoms with Crippen LogP contribution in [0.25, 0.3) is 10.2 Å². The second-order valence-electron chi connectivity index (χ2n) is 6.48. The fourth-order valence-electron chi connectivity index (χ4n) is 3.30. The fourth-order valence-corrected chi connectivity index (χ4v) is 4.31. The molecule has 0 spiro atoms. The third kappa shape index (κ3) is 3.85. The van der Waals surface area contributed by atoms with Crippen molar-refractivity contribution in [2.75, 3.05) is 31.1 Å². The van der Waals surface area contributed by atoms with E-state index in [9.17, 15) is 4.79 Å². The van der Waals surface area contributed by atoms with E-state index < -0.39 is 0 Å². The Balaban J connectivity index is 1.24. The predicted octanol–water partition coefficient (Wildman–Crippen LogP) is 3.36. The Bertz CT molecular complexity index is 839. The van der Waals surface area contributed by atoms with Gasteiger partial charge in [-0.05, 0) is 37.1 Å². The van der Waals surface area contributed by atoms with Crippen LogP contribution in [-0.2, 0) is 11.2 Å². The molecule has 1 fully saturated rings. The summed E-state index contributed by atoms with van der Waals surface area (Å²) in [5.41, 5.74) is 1.06. The molecule has 0 unspecified atom stereocenters. The molecule has 6 heteroatoms. The molecule has 1 aliphatic rings. The number of fused-ring (bicyclic) bond motifs is 1. The van der Waals surface area contributed by atoms with Gasteiger partial charge < -0.3 is 9.80 Å². The number of benzene rings is 1. The number of carbonyl (C=O) groups excluding carboxylic acids is 1. The molecule has 0 radical (unpaired) electrons. The van der Waals surface area contributed by atoms with E-state index in [2.05, 4.69) is 20.9 Å². The molecular weight excluding hydrogens is 344 g/mol. The standard InChI is InChI=1S/C20H22N4OS/c25-20(10-5-9-19-22-16-6-1-2-7-17(16)26-19)24-14-12-23(13-15-24)18-8-3-4-11-21-18/h1-4,6-8,11H,5,9-10,12-15H2. The molecule has 0 aliphatic carbocycles. The van der Waals surface area contributed by atoms with Crippen LogP contribution in [0.4, 0.5) is 5.82 Å². The predicted molar refractivity (Wildman–Crippen MR) is 106 cm³/mol. The molecule has 134 valence electrons. The van der Waals surface area contributed by atoms with Gasteiger partial charge in [-0.3, -0.25) is 4.79 Å². The maximum atomic E-state index is 12.5. The number of aromatic nitrogens is 2. The highest BCUT2D eigenvalue weighted by atomic mass is 32.1. The molecule has 3 aromatic rings. The molecule has 26 heavy (non-hydrogen) atoms. The van der Waals surface area contributed by atoms with Gasteiger partial charge in [0.2, 0.25) is 5.91 Å². The van der Waals surface area contributed by atoms with Crippen molar-refractivity contribution < 1.29 is 4.79 Å². The fraction of sp³-hybridized carbons (Fsp3) is 0.350. The Labute approximate surface area is 157 Å². The minimum Gasteiger partial charge on any atom is -0.353 e. The number of piperazine rings is 1. The Morgan fingerprint density at radius 3 is 2.62 bits per heavy atom. The van der Waals surface area contributed by atoms with Gasteiger partial charge in [0, 0.05) is 38.8 Å². The lowest BCUT2D eigenvalue weighted by atomic mass is 10.2. The van der Waals surface area contributed by atoms with Crippen molar-refractivity contribution in [1.29, 1.82) is 0 Å². The molecule has 1 amide bonds. The van der Waals surface area contributed by atoms with Gasteiger partial charge in [0.15, 0.2) is 0 Å². The van der Waals surface area contributed by atoms with Gasteiger partial charge in [-0.25, -0.2) is 9.97 Å². The molecule has 3 heterocycles. The summed E-state index contributed by atoms with van der Waals surface area (Å²) in [5, 5.41) is 1.12. The number of carbonyl (C=O) groups is 1. The van der Waals surface area contributed by atoms with Crippen LogP contribution in [0.2, 0.25) is 0 Å². The number of amides is 1. The molecule has 1 aliphatic heterocycles. The van der Waals surface area contributed by atoms with Crippen molar-refractivity contribution in [3.8, 4) is 0 Å². The quantitative estimate of drug-likeness (QED) is 0.695. The molecule has 0 saturated carbocycles. The van der Waals surface area contributed by atoms with Crippen LogP contribution >= 0.6 is 11.3 Å². The second kappa shape index (κ2) is 7.83. The summed E-state index contributed by atoms with van der Waals surface area (Å²) in [6.07, 6.45) is 4.15. The summed E-state index contributed by atoms with van der Waals surface area (Å²) in [4.78, 5) is 25.7. The molecule has 1 saturated heterocycles. The summed E-state index contributed by atoms with van der Waals surface area (Å²) < 4.78 is 1.22. The van der Waals surface area contributed by atoms with Crippen LogP contribution in [-0.4, -0.2) is 47.0 Å². The third-order valence-corrected chi connectivity index (χ3v) is 5.82. The van der Waals surface area contributed by atoms with E-state index in [-0.39, 0.29) is 5.91 Å². The molecule has 4 rings (SSSR count). The average Bonchev–Trinajstić information content (AvgIpc) is 3.11. The number of pyridine rings is 1. The highest BCUT2D eigenvalue weighted by Crippen LogP contribution is 2.23. The minimum absolute atomic E-state index is 0.256. The zero-order valence-electron chi connectivity index (χ0n) is 14.7. The molecular formula is C20H22N4OS. The number of anilines is 1. The lowest BCUT2D eigenvalue weighted by Crippen LogP contribution is -2.49. The van der Waals surface area contributed by atoms with Crippen LogP contribution in [0.5, 0.6) is 0 Å².